The highest BCUT2D eigenvalue weighted by Gasteiger charge is 2.21. The van der Waals surface area contributed by atoms with Crippen LogP contribution in [0.3, 0.4) is 0 Å². The summed E-state index contributed by atoms with van der Waals surface area (Å²) in [5.74, 6) is 1.52. The summed E-state index contributed by atoms with van der Waals surface area (Å²) in [5.41, 5.74) is 1.51. The van der Waals surface area contributed by atoms with Crippen LogP contribution in [0.1, 0.15) is 12.8 Å². The molecular formula is C22H24BN3O4S. The second kappa shape index (κ2) is 8.59. The molecule has 4 rings (SSSR count). The van der Waals surface area contributed by atoms with E-state index >= 15 is 0 Å². The SMILES string of the molecule is Bc1ccc(N2CCC(Oc3ccn(-c4ccc(S(C)(=O)=O)cc4)c(=O)c3)CC2)nc1. The van der Waals surface area contributed by atoms with Crippen LogP contribution in [-0.2, 0) is 9.84 Å². The Morgan fingerprint density at radius 1 is 1.06 bits per heavy atom. The normalized spacial score (nSPS) is 15.1. The van der Waals surface area contributed by atoms with Crippen molar-refractivity contribution in [2.45, 2.75) is 23.8 Å². The van der Waals surface area contributed by atoms with Crippen molar-refractivity contribution >= 4 is 29.0 Å². The van der Waals surface area contributed by atoms with E-state index in [4.69, 9.17) is 4.74 Å². The van der Waals surface area contributed by atoms with Gasteiger partial charge in [-0.25, -0.2) is 13.4 Å². The number of piperidine rings is 1. The second-order valence-corrected chi connectivity index (χ2v) is 9.85. The van der Waals surface area contributed by atoms with E-state index in [1.165, 1.54) is 22.8 Å². The summed E-state index contributed by atoms with van der Waals surface area (Å²) >= 11 is 0. The first-order valence-corrected chi connectivity index (χ1v) is 12.1. The predicted octanol–water partition coefficient (Wildman–Crippen LogP) is 0.942. The van der Waals surface area contributed by atoms with Gasteiger partial charge in [-0.1, -0.05) is 11.5 Å². The van der Waals surface area contributed by atoms with Gasteiger partial charge in [0.15, 0.2) is 9.84 Å². The maximum absolute atomic E-state index is 12.6. The van der Waals surface area contributed by atoms with Crippen LogP contribution in [0.4, 0.5) is 5.82 Å². The van der Waals surface area contributed by atoms with Gasteiger partial charge in [0.05, 0.1) is 4.90 Å². The van der Waals surface area contributed by atoms with Gasteiger partial charge in [-0.3, -0.25) is 9.36 Å². The highest BCUT2D eigenvalue weighted by Crippen LogP contribution is 2.21. The average Bonchev–Trinajstić information content (AvgIpc) is 2.75. The minimum absolute atomic E-state index is 0.0472. The van der Waals surface area contributed by atoms with E-state index in [-0.39, 0.29) is 16.6 Å². The first kappa shape index (κ1) is 21.2. The molecule has 1 saturated heterocycles. The smallest absolute Gasteiger partial charge is 0.258 e. The lowest BCUT2D eigenvalue weighted by Crippen LogP contribution is -2.39. The molecule has 2 aromatic heterocycles. The summed E-state index contributed by atoms with van der Waals surface area (Å²) in [6.07, 6.45) is 6.44. The van der Waals surface area contributed by atoms with Gasteiger partial charge in [-0.2, -0.15) is 0 Å². The Morgan fingerprint density at radius 3 is 2.35 bits per heavy atom. The molecule has 0 unspecified atom stereocenters. The fourth-order valence-corrected chi connectivity index (χ4v) is 4.27. The lowest BCUT2D eigenvalue weighted by Gasteiger charge is -2.33. The number of rotatable bonds is 5. The van der Waals surface area contributed by atoms with Crippen molar-refractivity contribution in [1.29, 1.82) is 0 Å². The zero-order chi connectivity index (χ0) is 22.0. The molecule has 1 aliphatic rings. The third-order valence-corrected chi connectivity index (χ3v) is 6.53. The van der Waals surface area contributed by atoms with Crippen molar-refractivity contribution in [3.63, 3.8) is 0 Å². The number of nitrogens with zero attached hydrogens (tertiary/aromatic N) is 3. The van der Waals surface area contributed by atoms with Crippen LogP contribution in [0, 0.1) is 0 Å². The topological polar surface area (TPSA) is 81.5 Å². The third-order valence-electron chi connectivity index (χ3n) is 5.40. The monoisotopic (exact) mass is 437 g/mol. The second-order valence-electron chi connectivity index (χ2n) is 7.83. The molecule has 7 nitrogen and oxygen atoms in total. The maximum atomic E-state index is 12.6. The summed E-state index contributed by atoms with van der Waals surface area (Å²) < 4.78 is 30.7. The van der Waals surface area contributed by atoms with Gasteiger partial charge in [-0.15, -0.1) is 0 Å². The quantitative estimate of drug-likeness (QED) is 0.553. The van der Waals surface area contributed by atoms with E-state index in [9.17, 15) is 13.2 Å². The minimum Gasteiger partial charge on any atom is -0.490 e. The Hall–Kier alpha value is -3.07. The molecule has 3 aromatic rings. The molecule has 0 radical (unpaired) electrons. The molecule has 0 bridgehead atoms. The third kappa shape index (κ3) is 4.99. The summed E-state index contributed by atoms with van der Waals surface area (Å²) in [5, 5.41) is 0. The summed E-state index contributed by atoms with van der Waals surface area (Å²) in [7, 11) is -1.25. The molecular weight excluding hydrogens is 413 g/mol. The summed E-state index contributed by atoms with van der Waals surface area (Å²) in [4.78, 5) is 19.5. The maximum Gasteiger partial charge on any atom is 0.258 e. The predicted molar refractivity (Wildman–Crippen MR) is 123 cm³/mol. The Balaban J connectivity index is 1.40. The first-order chi connectivity index (χ1) is 14.8. The molecule has 160 valence electrons. The molecule has 1 fully saturated rings. The highest BCUT2D eigenvalue weighted by atomic mass is 32.2. The van der Waals surface area contributed by atoms with Crippen molar-refractivity contribution < 1.29 is 13.2 Å². The fraction of sp³-hybridized carbons (Fsp3) is 0.273. The van der Waals surface area contributed by atoms with E-state index in [0.717, 1.165) is 43.5 Å². The minimum atomic E-state index is -3.27. The molecule has 0 aliphatic carbocycles. The number of benzene rings is 1. The van der Waals surface area contributed by atoms with Crippen LogP contribution in [0.5, 0.6) is 5.75 Å². The molecule has 0 spiro atoms. The van der Waals surface area contributed by atoms with Gasteiger partial charge < -0.3 is 9.64 Å². The molecule has 0 saturated carbocycles. The number of aromatic nitrogens is 2. The lowest BCUT2D eigenvalue weighted by molar-refractivity contribution is 0.170. The number of sulfone groups is 1. The van der Waals surface area contributed by atoms with Crippen molar-refractivity contribution in [3.05, 3.63) is 71.3 Å². The molecule has 1 aliphatic heterocycles. The van der Waals surface area contributed by atoms with Crippen molar-refractivity contribution in [1.82, 2.24) is 9.55 Å². The van der Waals surface area contributed by atoms with Crippen molar-refractivity contribution in [2.24, 2.45) is 0 Å². The Labute approximate surface area is 182 Å². The molecule has 9 heteroatoms. The van der Waals surface area contributed by atoms with E-state index < -0.39 is 9.84 Å². The zero-order valence-corrected chi connectivity index (χ0v) is 18.4. The van der Waals surface area contributed by atoms with Gasteiger partial charge in [0.25, 0.3) is 5.56 Å². The van der Waals surface area contributed by atoms with Crippen LogP contribution >= 0.6 is 0 Å². The van der Waals surface area contributed by atoms with E-state index in [2.05, 4.69) is 16.0 Å². The largest absolute Gasteiger partial charge is 0.490 e. The van der Waals surface area contributed by atoms with Gasteiger partial charge in [0.2, 0.25) is 0 Å². The van der Waals surface area contributed by atoms with Crippen molar-refractivity contribution in [2.75, 3.05) is 24.2 Å². The Bertz CT molecular complexity index is 1220. The van der Waals surface area contributed by atoms with E-state index in [1.54, 1.807) is 24.4 Å². The van der Waals surface area contributed by atoms with Gasteiger partial charge in [0, 0.05) is 56.3 Å². The molecule has 3 heterocycles. The molecule has 1 aromatic carbocycles. The fourth-order valence-electron chi connectivity index (χ4n) is 3.64. The van der Waals surface area contributed by atoms with Crippen molar-refractivity contribution in [3.8, 4) is 11.4 Å². The zero-order valence-electron chi connectivity index (χ0n) is 17.6. The van der Waals surface area contributed by atoms with Gasteiger partial charge in [0.1, 0.15) is 25.5 Å². The number of ether oxygens (including phenoxy) is 1. The molecule has 0 atom stereocenters. The van der Waals surface area contributed by atoms with Crippen LogP contribution < -0.4 is 20.7 Å². The number of anilines is 1. The Kier molecular flexibility index (Phi) is 5.87. The highest BCUT2D eigenvalue weighted by molar-refractivity contribution is 7.90. The Morgan fingerprint density at radius 2 is 1.77 bits per heavy atom. The molecule has 31 heavy (non-hydrogen) atoms. The van der Waals surface area contributed by atoms with Gasteiger partial charge in [-0.05, 0) is 36.4 Å². The summed E-state index contributed by atoms with van der Waals surface area (Å²) in [6.45, 7) is 1.70. The number of hydrogen-bond donors (Lipinski definition) is 0. The number of hydrogen-bond acceptors (Lipinski definition) is 6. The first-order valence-electron chi connectivity index (χ1n) is 10.2. The lowest BCUT2D eigenvalue weighted by atomic mass is 9.99. The van der Waals surface area contributed by atoms with Crippen LogP contribution in [-0.4, -0.2) is 51.3 Å². The van der Waals surface area contributed by atoms with E-state index in [1.807, 2.05) is 20.1 Å². The van der Waals surface area contributed by atoms with Crippen LogP contribution in [0.2, 0.25) is 0 Å². The molecule has 0 amide bonds. The van der Waals surface area contributed by atoms with Crippen LogP contribution in [0.15, 0.2) is 70.6 Å². The standard InChI is InChI=1S/C22H24BN3O4S/c1-31(28,29)20-5-3-17(4-6-20)26-13-10-19(14-22(26)27)30-18-8-11-25(12-9-18)21-7-2-16(23)15-24-21/h2-7,10,13-15,18H,8-9,11-12,23H2,1H3. The van der Waals surface area contributed by atoms with Crippen LogP contribution in [0.25, 0.3) is 5.69 Å². The molecule has 0 N–H and O–H groups in total. The summed E-state index contributed by atoms with van der Waals surface area (Å²) in [6, 6.07) is 13.6. The van der Waals surface area contributed by atoms with Gasteiger partial charge >= 0.3 is 0 Å². The number of pyridine rings is 2. The van der Waals surface area contributed by atoms with E-state index in [0.29, 0.717) is 11.4 Å². The average molecular weight is 437 g/mol.